The summed E-state index contributed by atoms with van der Waals surface area (Å²) in [6, 6.07) is 8.15. The van der Waals surface area contributed by atoms with Gasteiger partial charge in [-0.1, -0.05) is 17.9 Å². The number of hydrogen-bond acceptors (Lipinski definition) is 8. The highest BCUT2D eigenvalue weighted by atomic mass is 19.3. The second kappa shape index (κ2) is 15.6. The number of carbonyl (C=O) groups is 2. The quantitative estimate of drug-likeness (QED) is 0.231. The number of amides is 2. The first-order valence-corrected chi connectivity index (χ1v) is 14.1. The van der Waals surface area contributed by atoms with Crippen LogP contribution in [0.2, 0.25) is 0 Å². The molecule has 2 N–H and O–H groups in total. The van der Waals surface area contributed by atoms with Crippen LogP contribution < -0.4 is 15.5 Å². The summed E-state index contributed by atoms with van der Waals surface area (Å²) in [6.07, 6.45) is 5.87. The average molecular weight is 593 g/mol. The van der Waals surface area contributed by atoms with E-state index in [1.807, 2.05) is 19.0 Å². The molecule has 228 valence electrons. The maximum absolute atomic E-state index is 14.3. The van der Waals surface area contributed by atoms with Crippen molar-refractivity contribution in [2.45, 2.75) is 44.6 Å². The molecular formula is C31H38F2N8O2. The summed E-state index contributed by atoms with van der Waals surface area (Å²) in [5, 5.41) is 14.9. The number of anilines is 3. The van der Waals surface area contributed by atoms with Crippen molar-refractivity contribution in [1.82, 2.24) is 25.1 Å². The third-order valence-corrected chi connectivity index (χ3v) is 6.77. The predicted octanol–water partition coefficient (Wildman–Crippen LogP) is 3.54. The van der Waals surface area contributed by atoms with Crippen molar-refractivity contribution in [2.75, 3.05) is 57.5 Å². The molecule has 12 heteroatoms. The molecule has 0 unspecified atom stereocenters. The van der Waals surface area contributed by atoms with E-state index in [9.17, 15) is 18.4 Å². The number of hydrogen-bond donors (Lipinski definition) is 2. The number of likely N-dealkylation sites (N-methyl/N-ethyl adjacent to an activating group) is 2. The number of unbranched alkanes of at least 4 members (excludes halogenated alkanes) is 1. The Balaban J connectivity index is 1.60. The summed E-state index contributed by atoms with van der Waals surface area (Å²) < 4.78 is 28.5. The van der Waals surface area contributed by atoms with Crippen molar-refractivity contribution >= 4 is 29.3 Å². The van der Waals surface area contributed by atoms with E-state index < -0.39 is 18.5 Å². The highest BCUT2D eigenvalue weighted by molar-refractivity contribution is 5.92. The van der Waals surface area contributed by atoms with Crippen molar-refractivity contribution in [3.63, 3.8) is 0 Å². The average Bonchev–Trinajstić information content (AvgIpc) is 2.98. The van der Waals surface area contributed by atoms with E-state index >= 15 is 0 Å². The second-order valence-corrected chi connectivity index (χ2v) is 10.6. The smallest absolute Gasteiger partial charge is 0.265 e. The zero-order chi connectivity index (χ0) is 31.4. The number of nitriles is 1. The van der Waals surface area contributed by atoms with Crippen molar-refractivity contribution in [1.29, 1.82) is 5.26 Å². The minimum Gasteiger partial charge on any atom is -0.354 e. The molecule has 1 saturated heterocycles. The lowest BCUT2D eigenvalue weighted by Crippen LogP contribution is -2.45. The van der Waals surface area contributed by atoms with Crippen LogP contribution in [0.25, 0.3) is 0 Å². The first-order valence-electron chi connectivity index (χ1n) is 14.1. The molecule has 43 heavy (non-hydrogen) atoms. The topological polar surface area (TPSA) is 117 Å². The Morgan fingerprint density at radius 1 is 1.23 bits per heavy atom. The maximum atomic E-state index is 14.3. The van der Waals surface area contributed by atoms with Gasteiger partial charge in [0.15, 0.2) is 0 Å². The first-order chi connectivity index (χ1) is 20.5. The minimum atomic E-state index is -2.83. The minimum absolute atomic E-state index is 0.173. The number of aromatic nitrogens is 2. The van der Waals surface area contributed by atoms with E-state index in [4.69, 9.17) is 5.26 Å². The highest BCUT2D eigenvalue weighted by Gasteiger charge is 2.36. The van der Waals surface area contributed by atoms with Crippen molar-refractivity contribution < 1.29 is 18.4 Å². The summed E-state index contributed by atoms with van der Waals surface area (Å²) in [4.78, 5) is 38.5. The van der Waals surface area contributed by atoms with Gasteiger partial charge < -0.3 is 25.3 Å². The van der Waals surface area contributed by atoms with E-state index in [1.165, 1.54) is 22.1 Å². The number of benzene rings is 1. The van der Waals surface area contributed by atoms with Crippen molar-refractivity contribution in [3.8, 4) is 17.9 Å². The van der Waals surface area contributed by atoms with Gasteiger partial charge in [0, 0.05) is 51.3 Å². The molecule has 1 aliphatic rings. The van der Waals surface area contributed by atoms with Gasteiger partial charge in [-0.05, 0) is 58.1 Å². The van der Waals surface area contributed by atoms with Crippen LogP contribution in [-0.2, 0) is 9.59 Å². The Kier molecular flexibility index (Phi) is 12.0. The summed E-state index contributed by atoms with van der Waals surface area (Å²) in [5.41, 5.74) is 1.59. The molecule has 0 radical (unpaired) electrons. The first kappa shape index (κ1) is 33.0. The molecule has 0 spiro atoms. The van der Waals surface area contributed by atoms with Crippen molar-refractivity contribution in [2.24, 2.45) is 0 Å². The standard InChI is InChI=1S/C31H38F2N8O2/c1-23(40(4)27(42)11-8-18-39(2)3)29(43)35-17-7-5-6-10-25-21-36-30(37-26-14-12-24(20-34)13-15-26)38-28(25)41-19-9-16-31(32,33)22-41/h8,11-15,21,23H,5,7,9,16-19,22H2,1-4H3,(H,35,43)(H,36,37,38)/t23-/m0/s1. The molecule has 1 aromatic carbocycles. The molecule has 1 aromatic heterocycles. The van der Waals surface area contributed by atoms with E-state index in [0.717, 1.165) is 0 Å². The lowest BCUT2D eigenvalue weighted by atomic mass is 10.1. The summed E-state index contributed by atoms with van der Waals surface area (Å²) in [7, 11) is 5.38. The third kappa shape index (κ3) is 10.3. The maximum Gasteiger partial charge on any atom is 0.265 e. The fourth-order valence-electron chi connectivity index (χ4n) is 4.21. The molecule has 3 rings (SSSR count). The molecule has 1 aliphatic heterocycles. The van der Waals surface area contributed by atoms with Crippen LogP contribution in [0.15, 0.2) is 42.6 Å². The van der Waals surface area contributed by atoms with E-state index in [1.54, 1.807) is 44.3 Å². The molecule has 0 saturated carbocycles. The van der Waals surface area contributed by atoms with Gasteiger partial charge in [0.25, 0.3) is 5.92 Å². The van der Waals surface area contributed by atoms with Crippen molar-refractivity contribution in [3.05, 3.63) is 53.7 Å². The number of halogens is 2. The molecule has 1 fully saturated rings. The number of nitrogens with zero attached hydrogens (tertiary/aromatic N) is 6. The fraction of sp³-hybridized carbons (Fsp3) is 0.452. The van der Waals surface area contributed by atoms with Crippen LogP contribution >= 0.6 is 0 Å². The van der Waals surface area contributed by atoms with Gasteiger partial charge in [-0.2, -0.15) is 10.2 Å². The molecule has 10 nitrogen and oxygen atoms in total. The normalized spacial score (nSPS) is 14.9. The molecular weight excluding hydrogens is 554 g/mol. The van der Waals surface area contributed by atoms with Gasteiger partial charge in [0.1, 0.15) is 11.9 Å². The molecule has 2 heterocycles. The number of rotatable bonds is 11. The zero-order valence-electron chi connectivity index (χ0n) is 25.0. The van der Waals surface area contributed by atoms with Gasteiger partial charge >= 0.3 is 0 Å². The van der Waals surface area contributed by atoms with E-state index in [-0.39, 0.29) is 24.2 Å². The second-order valence-electron chi connectivity index (χ2n) is 10.6. The van der Waals surface area contributed by atoms with Gasteiger partial charge in [0.2, 0.25) is 17.8 Å². The van der Waals surface area contributed by atoms with Gasteiger partial charge in [0.05, 0.1) is 29.9 Å². The zero-order valence-corrected chi connectivity index (χ0v) is 25.0. The lowest BCUT2D eigenvalue weighted by Gasteiger charge is -2.33. The Bertz CT molecular complexity index is 1390. The third-order valence-electron chi connectivity index (χ3n) is 6.77. The molecule has 0 bridgehead atoms. The largest absolute Gasteiger partial charge is 0.354 e. The number of piperidine rings is 1. The fourth-order valence-corrected chi connectivity index (χ4v) is 4.21. The summed E-state index contributed by atoms with van der Waals surface area (Å²) >= 11 is 0. The number of carbonyl (C=O) groups excluding carboxylic acids is 2. The SMILES string of the molecule is C[C@@H](C(=O)NCCCC#Cc1cnc(Nc2ccc(C#N)cc2)nc1N1CCCC(F)(F)C1)N(C)C(=O)C=CCN(C)C. The van der Waals surface area contributed by atoms with Crippen LogP contribution in [0.5, 0.6) is 0 Å². The molecule has 1 atom stereocenters. The summed E-state index contributed by atoms with van der Waals surface area (Å²) in [5.74, 6) is 3.26. The predicted molar refractivity (Wildman–Crippen MR) is 162 cm³/mol. The van der Waals surface area contributed by atoms with E-state index in [2.05, 4.69) is 38.5 Å². The number of nitrogens with one attached hydrogen (secondary N) is 2. The highest BCUT2D eigenvalue weighted by Crippen LogP contribution is 2.31. The molecule has 0 aliphatic carbocycles. The van der Waals surface area contributed by atoms with Crippen LogP contribution in [0.1, 0.15) is 43.7 Å². The lowest BCUT2D eigenvalue weighted by molar-refractivity contribution is -0.135. The van der Waals surface area contributed by atoms with E-state index in [0.29, 0.717) is 61.5 Å². The van der Waals surface area contributed by atoms with Crippen LogP contribution in [0.4, 0.5) is 26.2 Å². The number of alkyl halides is 2. The Morgan fingerprint density at radius 3 is 2.65 bits per heavy atom. The van der Waals surface area contributed by atoms with Crippen LogP contribution in [0, 0.1) is 23.2 Å². The Labute approximate surface area is 251 Å². The molecule has 2 amide bonds. The molecule has 2 aromatic rings. The van der Waals surface area contributed by atoms with Crippen LogP contribution in [-0.4, -0.2) is 90.9 Å². The Morgan fingerprint density at radius 2 is 1.98 bits per heavy atom. The summed E-state index contributed by atoms with van der Waals surface area (Å²) in [6.45, 7) is 2.62. The Hall–Kier alpha value is -4.55. The monoisotopic (exact) mass is 592 g/mol. The van der Waals surface area contributed by atoms with Gasteiger partial charge in [-0.3, -0.25) is 9.59 Å². The van der Waals surface area contributed by atoms with Crippen LogP contribution in [0.3, 0.4) is 0 Å². The van der Waals surface area contributed by atoms with Gasteiger partial charge in [-0.15, -0.1) is 0 Å². The van der Waals surface area contributed by atoms with Gasteiger partial charge in [-0.25, -0.2) is 13.8 Å².